The number of carbonyl (C=O) groups excluding carboxylic acids is 6. The Morgan fingerprint density at radius 2 is 0.948 bits per heavy atom. The van der Waals surface area contributed by atoms with Gasteiger partial charge in [0.05, 0.1) is 69.6 Å². The fourth-order valence-corrected chi connectivity index (χ4v) is 11.9. The Morgan fingerprint density at radius 3 is 1.25 bits per heavy atom. The van der Waals surface area contributed by atoms with Gasteiger partial charge in [0.1, 0.15) is 23.1 Å². The Hall–Kier alpha value is -6.13. The number of hydrogen-bond acceptors (Lipinski definition) is 25. The van der Waals surface area contributed by atoms with Gasteiger partial charge in [-0.1, -0.05) is 43.8 Å². The molecule has 3 aliphatic heterocycles. The first-order chi connectivity index (χ1) is 51.9. The summed E-state index contributed by atoms with van der Waals surface area (Å²) in [7, 11) is 16.1. The van der Waals surface area contributed by atoms with Crippen molar-refractivity contribution < 1.29 is 168 Å². The predicted molar refractivity (Wildman–Crippen MR) is 431 cm³/mol. The second-order valence-corrected chi connectivity index (χ2v) is 30.0. The van der Waals surface area contributed by atoms with Crippen LogP contribution in [-0.2, 0) is 63.4 Å². The molecule has 3 aromatic heterocycles. The molecule has 3 fully saturated rings. The van der Waals surface area contributed by atoms with E-state index >= 15 is 0 Å². The molecule has 6 aromatic rings. The number of ether oxygens (including phenoxy) is 1. The maximum Gasteiger partial charge on any atom is 1.00 e. The number of carbonyl (C=O) groups is 6. The molecule has 9 rings (SSSR count). The quantitative estimate of drug-likeness (QED) is 0.0314. The predicted octanol–water partition coefficient (Wildman–Crippen LogP) is 4.30. The number of aldehydes is 1. The van der Waals surface area contributed by atoms with Gasteiger partial charge in [0.25, 0.3) is 0 Å². The van der Waals surface area contributed by atoms with Crippen molar-refractivity contribution in [2.45, 2.75) is 130 Å². The number of halogens is 6. The molecule has 3 saturated heterocycles. The molecule has 0 spiro atoms. The van der Waals surface area contributed by atoms with Crippen molar-refractivity contribution in [2.24, 2.45) is 23.5 Å². The van der Waals surface area contributed by atoms with Gasteiger partial charge in [0.2, 0.25) is 11.9 Å². The number of rotatable bonds is 15. The number of alkyl halides is 2. The van der Waals surface area contributed by atoms with E-state index in [9.17, 15) is 62.5 Å². The number of amides is 2. The molecule has 0 saturated carbocycles. The SMILES string of the molecule is C.CC(=O)OOC(C)=O.CC(C)(C)O.CN(C)C[C@H]1CN(C(=O)OC(C)(C)C)CC[C@]1(O)c1cccc(C#N)c1.CN(C)C[C@H]1CN(Cc2cncc(F)c2)CC[C@]1(O)c1cccc(C#N)c1.CN(C)C[C@H]1CN(Cc2cncc(F)c2)CC[C@]1(O)c1cccc(C(N)=O)c1.Cl.ClCCl.O=Cc1cncc(F)c1.[B-]OC(C)=O.[K+].[Na+].[OH-]. The standard InChI is InChI=1S/C21H27FN4O2.C21H25FN4O.C20H29N3O3.C6H4FNO.C4H6O4.C4H10O.C2H3BO2.CH2Cl2.CH4.ClH.K.Na.H2O/c1-25(2)13-18-14-26(12-15-8-19(22)11-24-10-15)7-6-21(18,28)17-5-3-4-16(9-17)20(23)27;1-25(2)14-19-15-26(13-17-9-20(22)12-24-11-17)7-6-21(19,27)18-5-3-4-16(8-18)10-23;1-19(2,3)26-18(24)23-10-9-20(25,17(14-23)13-22(4)5)16-8-6-7-15(11-16)12-21;7-6-1-5(4-9)2-8-3-6;1-3(5)7-8-4(2)6;1-4(2,3)5;1-2(4)5-3;2-1-3;;;;;/h3-5,8-11,18,28H,6-7,12-14H2,1-2H3,(H2,23,27);3-5,8-9,11-12,19,27H,6-7,13-15H2,1-2H3;6-8,11,17,25H,9-10,13-14H2,1-5H3;1-4H;1-2H3;5H,1-3H3;1H3;1H2;1H4;1H;;;1H2/q;;;;;;-1;;;;2*+1;/p-1/t18-,21-;19-,21-;17-,20-;;;;;;;;;;/m000........../s1. The topological polar surface area (TPSA) is 382 Å². The number of aliphatic hydroxyl groups is 4. The fraction of sp³-hybridized carbons (Fsp3) is 0.487. The molecule has 6 heterocycles. The van der Waals surface area contributed by atoms with Crippen molar-refractivity contribution >= 4 is 79.9 Å². The van der Waals surface area contributed by atoms with Crippen molar-refractivity contribution in [3.63, 3.8) is 0 Å². The van der Waals surface area contributed by atoms with Crippen LogP contribution in [0.3, 0.4) is 0 Å². The molecule has 27 nitrogen and oxygen atoms in total. The number of likely N-dealkylation sites (tertiary alicyclic amines) is 3. The summed E-state index contributed by atoms with van der Waals surface area (Å²) in [6.07, 6.45) is 9.77. The van der Waals surface area contributed by atoms with Crippen LogP contribution in [0.2, 0.25) is 0 Å². The zero-order valence-corrected chi connectivity index (χ0v) is 76.2. The van der Waals surface area contributed by atoms with E-state index < -0.39 is 57.6 Å². The summed E-state index contributed by atoms with van der Waals surface area (Å²) in [5, 5.41) is 61.7. The number of primary amides is 1. The first-order valence-electron chi connectivity index (χ1n) is 35.1. The van der Waals surface area contributed by atoms with Crippen molar-refractivity contribution in [3.8, 4) is 12.1 Å². The molecular formula is C80H112BCl3F3KN12NaO15. The van der Waals surface area contributed by atoms with Crippen molar-refractivity contribution in [3.05, 3.63) is 196 Å². The number of aromatic nitrogens is 3. The average Bonchev–Trinajstić information content (AvgIpc) is 0.782. The molecule has 3 aliphatic rings. The molecule has 116 heavy (non-hydrogen) atoms. The van der Waals surface area contributed by atoms with Crippen molar-refractivity contribution in [1.82, 2.24) is 44.4 Å². The molecule has 3 radical (unpaired) electrons. The maximum absolute atomic E-state index is 13.5. The Balaban J connectivity index is -0.000000675. The van der Waals surface area contributed by atoms with Crippen LogP contribution in [0.5, 0.6) is 0 Å². The van der Waals surface area contributed by atoms with E-state index in [0.29, 0.717) is 120 Å². The van der Waals surface area contributed by atoms with Crippen LogP contribution in [0.25, 0.3) is 0 Å². The molecule has 0 bridgehead atoms. The van der Waals surface area contributed by atoms with E-state index in [4.69, 9.17) is 44.0 Å². The Bertz CT molecular complexity index is 4010. The van der Waals surface area contributed by atoms with Crippen LogP contribution in [0, 0.1) is 57.9 Å². The molecule has 2 amide bonds. The minimum Gasteiger partial charge on any atom is -0.870 e. The smallest absolute Gasteiger partial charge is 0.870 e. The minimum absolute atomic E-state index is 0. The monoisotopic (exact) mass is 1720 g/mol. The summed E-state index contributed by atoms with van der Waals surface area (Å²) >= 11 is 9.53. The summed E-state index contributed by atoms with van der Waals surface area (Å²) in [6, 6.07) is 29.7. The molecular weight excluding hydrogens is 1610 g/mol. The summed E-state index contributed by atoms with van der Waals surface area (Å²) in [5.74, 6) is -3.72. The van der Waals surface area contributed by atoms with Gasteiger partial charge in [0.15, 0.2) is 6.29 Å². The number of benzene rings is 3. The van der Waals surface area contributed by atoms with E-state index in [1.54, 1.807) is 86.6 Å². The van der Waals surface area contributed by atoms with Crippen LogP contribution in [0.4, 0.5) is 18.0 Å². The maximum atomic E-state index is 13.5. The first-order valence-corrected chi connectivity index (χ1v) is 36.2. The second-order valence-electron chi connectivity index (χ2n) is 29.2. The van der Waals surface area contributed by atoms with E-state index in [2.05, 4.69) is 64.3 Å². The van der Waals surface area contributed by atoms with E-state index in [1.165, 1.54) is 37.6 Å². The zero-order valence-electron chi connectivity index (χ0n) is 68.7. The summed E-state index contributed by atoms with van der Waals surface area (Å²) in [6.45, 7) is 20.9. The normalized spacial score (nSPS) is 18.5. The first kappa shape index (κ1) is 116. The fourth-order valence-electron chi connectivity index (χ4n) is 11.9. The Labute approximate surface area is 763 Å². The van der Waals surface area contributed by atoms with Crippen LogP contribution in [0.15, 0.2) is 128 Å². The average molecular weight is 1720 g/mol. The zero-order chi connectivity index (χ0) is 84.0. The van der Waals surface area contributed by atoms with Gasteiger partial charge in [-0.3, -0.25) is 39.1 Å². The molecule has 7 N–H and O–H groups in total. The largest absolute Gasteiger partial charge is 1.00 e. The molecule has 3 aromatic carbocycles. The number of piperidine rings is 3. The van der Waals surface area contributed by atoms with Gasteiger partial charge in [0, 0.05) is 140 Å². The second kappa shape index (κ2) is 57.9. The molecule has 36 heteroatoms. The van der Waals surface area contributed by atoms with Gasteiger partial charge < -0.3 is 68.7 Å². The summed E-state index contributed by atoms with van der Waals surface area (Å²) < 4.78 is 48.1. The van der Waals surface area contributed by atoms with E-state index in [-0.39, 0.29) is 153 Å². The number of nitrogens with zero attached hydrogens (tertiary/aromatic N) is 11. The van der Waals surface area contributed by atoms with E-state index in [1.807, 2.05) is 97.1 Å². The number of nitrogens with two attached hydrogens (primary N) is 1. The van der Waals surface area contributed by atoms with Gasteiger partial charge >= 0.3 is 99.0 Å². The molecule has 629 valence electrons. The number of hydrogen-bond donors (Lipinski definition) is 5. The molecule has 0 aliphatic carbocycles. The van der Waals surface area contributed by atoms with E-state index in [0.717, 1.165) is 48.4 Å². The van der Waals surface area contributed by atoms with Crippen LogP contribution in [0.1, 0.15) is 149 Å². The third-order valence-corrected chi connectivity index (χ3v) is 16.5. The van der Waals surface area contributed by atoms with Crippen LogP contribution in [-0.4, -0.2) is 232 Å². The van der Waals surface area contributed by atoms with Crippen molar-refractivity contribution in [1.29, 1.82) is 10.5 Å². The third-order valence-electron chi connectivity index (χ3n) is 16.5. The van der Waals surface area contributed by atoms with Gasteiger partial charge in [-0.2, -0.15) is 10.5 Å². The minimum atomic E-state index is -1.09. The van der Waals surface area contributed by atoms with Gasteiger partial charge in [-0.15, -0.1) is 35.6 Å². The molecule has 6 atom stereocenters. The number of nitriles is 2. The van der Waals surface area contributed by atoms with Gasteiger partial charge in [-0.25, -0.2) is 37.3 Å². The third kappa shape index (κ3) is 44.8. The Morgan fingerprint density at radius 1 is 0.612 bits per heavy atom. The van der Waals surface area contributed by atoms with Gasteiger partial charge in [-0.05, 0) is 186 Å². The number of pyridine rings is 3. The van der Waals surface area contributed by atoms with Crippen LogP contribution < -0.4 is 86.7 Å². The summed E-state index contributed by atoms with van der Waals surface area (Å²) in [4.78, 5) is 94.3. The van der Waals surface area contributed by atoms with Crippen molar-refractivity contribution in [2.75, 3.05) is 107 Å². The molecule has 0 unspecified atom stereocenters. The summed E-state index contributed by atoms with van der Waals surface area (Å²) in [5.41, 5.74) is 6.82. The van der Waals surface area contributed by atoms with Crippen LogP contribution >= 0.6 is 35.6 Å². The Kier molecular flexibility index (Phi) is 58.0.